The fourth-order valence-corrected chi connectivity index (χ4v) is 2.38. The first-order chi connectivity index (χ1) is 9.11. The lowest BCUT2D eigenvalue weighted by atomic mass is 10.1. The molecule has 2 aromatic carbocycles. The van der Waals surface area contributed by atoms with Gasteiger partial charge in [0.25, 0.3) is 5.91 Å². The van der Waals surface area contributed by atoms with Crippen LogP contribution in [0.5, 0.6) is 0 Å². The number of nitrogens with one attached hydrogen (secondary N) is 1. The van der Waals surface area contributed by atoms with E-state index in [9.17, 15) is 4.79 Å². The standard InChI is InChI=1S/C14H8Br2N2O/c15-10-6-5-9(8-17)13(7-10)18-14(19)11-3-1-2-4-12(11)16/h1-7H,(H,18,19). The van der Waals surface area contributed by atoms with Crippen LogP contribution in [0.15, 0.2) is 51.4 Å². The Labute approximate surface area is 127 Å². The zero-order valence-electron chi connectivity index (χ0n) is 9.65. The molecule has 0 spiro atoms. The van der Waals surface area contributed by atoms with E-state index >= 15 is 0 Å². The molecule has 0 aromatic heterocycles. The first kappa shape index (κ1) is 13.8. The summed E-state index contributed by atoms with van der Waals surface area (Å²) in [7, 11) is 0. The average molecular weight is 380 g/mol. The lowest BCUT2D eigenvalue weighted by Gasteiger charge is -2.08. The predicted molar refractivity (Wildman–Crippen MR) is 81.0 cm³/mol. The zero-order valence-corrected chi connectivity index (χ0v) is 12.8. The van der Waals surface area contributed by atoms with Gasteiger partial charge in [-0.25, -0.2) is 0 Å². The first-order valence-electron chi connectivity index (χ1n) is 5.37. The molecule has 0 heterocycles. The number of hydrogen-bond donors (Lipinski definition) is 1. The van der Waals surface area contributed by atoms with E-state index < -0.39 is 0 Å². The van der Waals surface area contributed by atoms with Crippen molar-refractivity contribution >= 4 is 43.5 Å². The molecule has 1 N–H and O–H groups in total. The number of anilines is 1. The van der Waals surface area contributed by atoms with Crippen molar-refractivity contribution < 1.29 is 4.79 Å². The Morgan fingerprint density at radius 2 is 1.89 bits per heavy atom. The SMILES string of the molecule is N#Cc1ccc(Br)cc1NC(=O)c1ccccc1Br. The molecule has 0 radical (unpaired) electrons. The van der Waals surface area contributed by atoms with Crippen LogP contribution in [0.4, 0.5) is 5.69 Å². The van der Waals surface area contributed by atoms with Gasteiger partial charge in [0.05, 0.1) is 16.8 Å². The Kier molecular flexibility index (Phi) is 4.35. The number of nitrogens with zero attached hydrogens (tertiary/aromatic N) is 1. The van der Waals surface area contributed by atoms with Gasteiger partial charge in [0, 0.05) is 8.95 Å². The molecular weight excluding hydrogens is 372 g/mol. The largest absolute Gasteiger partial charge is 0.321 e. The number of carbonyl (C=O) groups excluding carboxylic acids is 1. The van der Waals surface area contributed by atoms with E-state index in [1.165, 1.54) is 0 Å². The molecule has 2 aromatic rings. The summed E-state index contributed by atoms with van der Waals surface area (Å²) in [4.78, 5) is 12.1. The fraction of sp³-hybridized carbons (Fsp3) is 0. The molecule has 3 nitrogen and oxygen atoms in total. The smallest absolute Gasteiger partial charge is 0.256 e. The van der Waals surface area contributed by atoms with Crippen molar-refractivity contribution in [1.82, 2.24) is 0 Å². The predicted octanol–water partition coefficient (Wildman–Crippen LogP) is 4.34. The van der Waals surface area contributed by atoms with Crippen LogP contribution in [-0.4, -0.2) is 5.91 Å². The lowest BCUT2D eigenvalue weighted by molar-refractivity contribution is 0.102. The van der Waals surface area contributed by atoms with E-state index in [0.29, 0.717) is 21.3 Å². The summed E-state index contributed by atoms with van der Waals surface area (Å²) < 4.78 is 1.51. The summed E-state index contributed by atoms with van der Waals surface area (Å²) in [5.41, 5.74) is 1.42. The van der Waals surface area contributed by atoms with Gasteiger partial charge in [-0.05, 0) is 46.3 Å². The van der Waals surface area contributed by atoms with Gasteiger partial charge in [-0.15, -0.1) is 0 Å². The molecule has 94 valence electrons. The van der Waals surface area contributed by atoms with Gasteiger partial charge in [-0.2, -0.15) is 5.26 Å². The topological polar surface area (TPSA) is 52.9 Å². The maximum absolute atomic E-state index is 12.1. The van der Waals surface area contributed by atoms with E-state index in [-0.39, 0.29) is 5.91 Å². The number of benzene rings is 2. The van der Waals surface area contributed by atoms with E-state index in [4.69, 9.17) is 5.26 Å². The normalized spacial score (nSPS) is 9.74. The van der Waals surface area contributed by atoms with E-state index in [1.807, 2.05) is 12.1 Å². The van der Waals surface area contributed by atoms with Crippen molar-refractivity contribution in [2.24, 2.45) is 0 Å². The van der Waals surface area contributed by atoms with Gasteiger partial charge in [0.15, 0.2) is 0 Å². The molecule has 1 amide bonds. The highest BCUT2D eigenvalue weighted by Gasteiger charge is 2.11. The summed E-state index contributed by atoms with van der Waals surface area (Å²) >= 11 is 6.64. The Balaban J connectivity index is 2.32. The molecule has 0 fully saturated rings. The van der Waals surface area contributed by atoms with Gasteiger partial charge in [0.2, 0.25) is 0 Å². The number of hydrogen-bond acceptors (Lipinski definition) is 2. The Hall–Kier alpha value is -1.64. The second-order valence-corrected chi connectivity index (χ2v) is 5.51. The van der Waals surface area contributed by atoms with E-state index in [0.717, 1.165) is 4.47 Å². The van der Waals surface area contributed by atoms with Crippen LogP contribution in [0.1, 0.15) is 15.9 Å². The van der Waals surface area contributed by atoms with Crippen molar-refractivity contribution in [3.05, 3.63) is 62.5 Å². The van der Waals surface area contributed by atoms with Crippen LogP contribution in [0, 0.1) is 11.3 Å². The van der Waals surface area contributed by atoms with Gasteiger partial charge >= 0.3 is 0 Å². The summed E-state index contributed by atoms with van der Waals surface area (Å²) in [5.74, 6) is -0.262. The fourth-order valence-electron chi connectivity index (χ4n) is 1.55. The maximum Gasteiger partial charge on any atom is 0.256 e. The van der Waals surface area contributed by atoms with Gasteiger partial charge in [-0.1, -0.05) is 28.1 Å². The number of nitriles is 1. The van der Waals surface area contributed by atoms with Crippen LogP contribution < -0.4 is 5.32 Å². The van der Waals surface area contributed by atoms with Gasteiger partial charge in [0.1, 0.15) is 6.07 Å². The van der Waals surface area contributed by atoms with Crippen molar-refractivity contribution in [2.45, 2.75) is 0 Å². The second-order valence-electron chi connectivity index (χ2n) is 3.74. The summed E-state index contributed by atoms with van der Waals surface area (Å²) in [5, 5.41) is 11.8. The molecule has 0 atom stereocenters. The number of halogens is 2. The van der Waals surface area contributed by atoms with Gasteiger partial charge in [-0.3, -0.25) is 4.79 Å². The minimum atomic E-state index is -0.262. The third kappa shape index (κ3) is 3.22. The first-order valence-corrected chi connectivity index (χ1v) is 6.96. The van der Waals surface area contributed by atoms with Crippen molar-refractivity contribution in [2.75, 3.05) is 5.32 Å². The van der Waals surface area contributed by atoms with Crippen LogP contribution in [0.25, 0.3) is 0 Å². The number of amides is 1. The van der Waals surface area contributed by atoms with Gasteiger partial charge < -0.3 is 5.32 Å². The molecular formula is C14H8Br2N2O. The van der Waals surface area contributed by atoms with Crippen LogP contribution in [0.3, 0.4) is 0 Å². The third-order valence-corrected chi connectivity index (χ3v) is 3.65. The minimum Gasteiger partial charge on any atom is -0.321 e. The molecule has 2 rings (SSSR count). The van der Waals surface area contributed by atoms with E-state index in [1.54, 1.807) is 36.4 Å². The maximum atomic E-state index is 12.1. The summed E-state index contributed by atoms with van der Waals surface area (Å²) in [6.07, 6.45) is 0. The molecule has 0 saturated heterocycles. The molecule has 0 saturated carbocycles. The van der Waals surface area contributed by atoms with E-state index in [2.05, 4.69) is 37.2 Å². The molecule has 0 unspecified atom stereocenters. The van der Waals surface area contributed by atoms with Crippen LogP contribution >= 0.6 is 31.9 Å². The van der Waals surface area contributed by atoms with Crippen LogP contribution in [-0.2, 0) is 0 Å². The van der Waals surface area contributed by atoms with Crippen LogP contribution in [0.2, 0.25) is 0 Å². The molecule has 19 heavy (non-hydrogen) atoms. The second kappa shape index (κ2) is 6.00. The molecule has 5 heteroatoms. The van der Waals surface area contributed by atoms with Crippen molar-refractivity contribution in [1.29, 1.82) is 5.26 Å². The molecule has 0 bridgehead atoms. The number of rotatable bonds is 2. The van der Waals surface area contributed by atoms with Crippen molar-refractivity contribution in [3.8, 4) is 6.07 Å². The Morgan fingerprint density at radius 1 is 1.16 bits per heavy atom. The summed E-state index contributed by atoms with van der Waals surface area (Å²) in [6, 6.07) is 14.3. The quantitative estimate of drug-likeness (QED) is 0.843. The highest BCUT2D eigenvalue weighted by molar-refractivity contribution is 9.10. The highest BCUT2D eigenvalue weighted by atomic mass is 79.9. The lowest BCUT2D eigenvalue weighted by Crippen LogP contribution is -2.13. The minimum absolute atomic E-state index is 0.262. The monoisotopic (exact) mass is 378 g/mol. The number of carbonyl (C=O) groups is 1. The average Bonchev–Trinajstić information content (AvgIpc) is 2.39. The molecule has 0 aliphatic rings. The molecule has 0 aliphatic heterocycles. The Bertz CT molecular complexity index is 677. The Morgan fingerprint density at radius 3 is 2.58 bits per heavy atom. The molecule has 0 aliphatic carbocycles. The third-order valence-electron chi connectivity index (χ3n) is 2.47. The highest BCUT2D eigenvalue weighted by Crippen LogP contribution is 2.23. The van der Waals surface area contributed by atoms with Crippen molar-refractivity contribution in [3.63, 3.8) is 0 Å². The zero-order chi connectivity index (χ0) is 13.8. The summed E-state index contributed by atoms with van der Waals surface area (Å²) in [6.45, 7) is 0.